The van der Waals surface area contributed by atoms with Crippen LogP contribution in [0.25, 0.3) is 64.6 Å². The van der Waals surface area contributed by atoms with Gasteiger partial charge in [-0.25, -0.2) is 14.4 Å². The number of carboxylic acid groups (broad SMARTS) is 3. The molecule has 10 heteroatoms. The Hall–Kier alpha value is -5.77. The summed E-state index contributed by atoms with van der Waals surface area (Å²) >= 11 is 0. The fourth-order valence-electron chi connectivity index (χ4n) is 6.63. The molecule has 41 heavy (non-hydrogen) atoms. The van der Waals surface area contributed by atoms with Crippen LogP contribution < -0.4 is 11.1 Å². The van der Waals surface area contributed by atoms with Crippen molar-refractivity contribution in [3.05, 3.63) is 69.8 Å². The third-order valence-electron chi connectivity index (χ3n) is 8.22. The summed E-state index contributed by atoms with van der Waals surface area (Å²) in [6, 6.07) is 8.63. The molecule has 0 radical (unpaired) electrons. The van der Waals surface area contributed by atoms with Gasteiger partial charge in [-0.2, -0.15) is 0 Å². The highest BCUT2D eigenvalue weighted by Crippen LogP contribution is 2.52. The summed E-state index contributed by atoms with van der Waals surface area (Å²) in [5, 5.41) is 37.7. The number of rotatable bonds is 5. The standard InChI is InChI=1S/C31H18N2O8/c1-9-3-11-19(30(38)39)7-12-16(27(32)34)5-14-20(31(40)41)8-13-17(28(35)33-2)6-15-18(29(36)37)4-10(9)21-22(11)23(12)26(14)24(13)25(15)21/h3-8H,1-2H3,(H2,32,34)(H,33,35)(H,36,37)(H,38,39)(H,40,41). The zero-order valence-electron chi connectivity index (χ0n) is 21.4. The first-order valence-electron chi connectivity index (χ1n) is 12.4. The number of aromatic carboxylic acids is 3. The van der Waals surface area contributed by atoms with E-state index in [2.05, 4.69) is 5.32 Å². The maximum Gasteiger partial charge on any atom is 0.336 e. The molecule has 0 spiro atoms. The first-order valence-corrected chi connectivity index (χ1v) is 12.4. The van der Waals surface area contributed by atoms with Crippen LogP contribution in [-0.2, 0) is 0 Å². The van der Waals surface area contributed by atoms with Crippen LogP contribution in [0.1, 0.15) is 57.4 Å². The molecule has 0 unspecified atom stereocenters. The van der Waals surface area contributed by atoms with Gasteiger partial charge in [-0.05, 0) is 114 Å². The second-order valence-corrected chi connectivity index (χ2v) is 10.2. The van der Waals surface area contributed by atoms with Crippen molar-refractivity contribution in [3.8, 4) is 0 Å². The zero-order chi connectivity index (χ0) is 29.2. The van der Waals surface area contributed by atoms with Crippen molar-refractivity contribution in [2.75, 3.05) is 7.05 Å². The maximum atomic E-state index is 13.2. The van der Waals surface area contributed by atoms with Gasteiger partial charge in [0, 0.05) is 18.2 Å². The lowest BCUT2D eigenvalue weighted by Crippen LogP contribution is -2.19. The van der Waals surface area contributed by atoms with Gasteiger partial charge in [0.05, 0.1) is 16.7 Å². The van der Waals surface area contributed by atoms with Crippen LogP contribution in [0.5, 0.6) is 0 Å². The molecule has 200 valence electrons. The van der Waals surface area contributed by atoms with Crippen molar-refractivity contribution in [2.24, 2.45) is 5.73 Å². The van der Waals surface area contributed by atoms with E-state index in [1.165, 1.54) is 37.4 Å². The van der Waals surface area contributed by atoms with Gasteiger partial charge in [0.1, 0.15) is 0 Å². The average Bonchev–Trinajstić information content (AvgIpc) is 2.93. The van der Waals surface area contributed by atoms with Crippen molar-refractivity contribution < 1.29 is 39.3 Å². The lowest BCUT2D eigenvalue weighted by molar-refractivity contribution is 0.0688. The number of benzene rings is 7. The number of carbonyl (C=O) groups is 5. The summed E-state index contributed by atoms with van der Waals surface area (Å²) in [5.41, 5.74) is 6.03. The van der Waals surface area contributed by atoms with Crippen molar-refractivity contribution in [1.29, 1.82) is 0 Å². The Morgan fingerprint density at radius 3 is 1.27 bits per heavy atom. The van der Waals surface area contributed by atoms with Gasteiger partial charge in [-0.3, -0.25) is 9.59 Å². The van der Waals surface area contributed by atoms with Crippen molar-refractivity contribution >= 4 is 94.4 Å². The highest BCUT2D eigenvalue weighted by atomic mass is 16.4. The molecule has 10 nitrogen and oxygen atoms in total. The maximum absolute atomic E-state index is 13.2. The molecule has 2 amide bonds. The largest absolute Gasteiger partial charge is 0.478 e. The minimum absolute atomic E-state index is 0.0585. The number of nitrogens with one attached hydrogen (secondary N) is 1. The van der Waals surface area contributed by atoms with Crippen LogP contribution in [-0.4, -0.2) is 52.1 Å². The molecule has 0 saturated carbocycles. The quantitative estimate of drug-likeness (QED) is 0.151. The van der Waals surface area contributed by atoms with Crippen LogP contribution in [0.15, 0.2) is 36.4 Å². The van der Waals surface area contributed by atoms with Gasteiger partial charge in [0.15, 0.2) is 0 Å². The fraction of sp³-hybridized carbons (Fsp3) is 0.0645. The summed E-state index contributed by atoms with van der Waals surface area (Å²) in [6.45, 7) is 1.75. The normalized spacial score (nSPS) is 12.0. The molecule has 7 rings (SSSR count). The van der Waals surface area contributed by atoms with Crippen molar-refractivity contribution in [3.63, 3.8) is 0 Å². The lowest BCUT2D eigenvalue weighted by Gasteiger charge is -2.25. The highest BCUT2D eigenvalue weighted by molar-refractivity contribution is 6.49. The Morgan fingerprint density at radius 1 is 0.537 bits per heavy atom. The van der Waals surface area contributed by atoms with Crippen LogP contribution in [0.3, 0.4) is 0 Å². The number of nitrogens with two attached hydrogens (primary N) is 1. The summed E-state index contributed by atoms with van der Waals surface area (Å²) in [6.07, 6.45) is 0. The molecule has 0 aliphatic heterocycles. The van der Waals surface area contributed by atoms with Crippen molar-refractivity contribution in [1.82, 2.24) is 5.32 Å². The van der Waals surface area contributed by atoms with Crippen LogP contribution >= 0.6 is 0 Å². The van der Waals surface area contributed by atoms with E-state index in [0.717, 1.165) is 0 Å². The smallest absolute Gasteiger partial charge is 0.336 e. The predicted octanol–water partition coefficient (Wildman–Crippen LogP) is 4.78. The topological polar surface area (TPSA) is 184 Å². The summed E-state index contributed by atoms with van der Waals surface area (Å²) < 4.78 is 0. The molecule has 0 bridgehead atoms. The van der Waals surface area contributed by atoms with E-state index in [1.807, 2.05) is 0 Å². The van der Waals surface area contributed by atoms with E-state index >= 15 is 0 Å². The Kier molecular flexibility index (Phi) is 4.54. The molecular formula is C31H18N2O8. The zero-order valence-corrected chi connectivity index (χ0v) is 21.4. The number of hydrogen-bond acceptors (Lipinski definition) is 5. The highest BCUT2D eigenvalue weighted by Gasteiger charge is 2.31. The second-order valence-electron chi connectivity index (χ2n) is 10.2. The predicted molar refractivity (Wildman–Crippen MR) is 153 cm³/mol. The van der Waals surface area contributed by atoms with Gasteiger partial charge in [0.25, 0.3) is 5.91 Å². The monoisotopic (exact) mass is 546 g/mol. The number of amides is 2. The van der Waals surface area contributed by atoms with Gasteiger partial charge >= 0.3 is 17.9 Å². The Bertz CT molecular complexity index is 2390. The van der Waals surface area contributed by atoms with Gasteiger partial charge in [-0.15, -0.1) is 0 Å². The first-order chi connectivity index (χ1) is 19.5. The minimum atomic E-state index is -1.32. The summed E-state index contributed by atoms with van der Waals surface area (Å²) in [5.74, 6) is -5.22. The summed E-state index contributed by atoms with van der Waals surface area (Å²) in [4.78, 5) is 63.5. The van der Waals surface area contributed by atoms with Gasteiger partial charge in [0.2, 0.25) is 5.91 Å². The third kappa shape index (κ3) is 2.82. The fourth-order valence-corrected chi connectivity index (χ4v) is 6.63. The molecular weight excluding hydrogens is 528 g/mol. The number of hydrogen-bond donors (Lipinski definition) is 5. The van der Waals surface area contributed by atoms with Gasteiger partial charge < -0.3 is 26.4 Å². The van der Waals surface area contributed by atoms with Gasteiger partial charge in [-0.1, -0.05) is 0 Å². The molecule has 0 aromatic heterocycles. The van der Waals surface area contributed by atoms with E-state index in [9.17, 15) is 39.3 Å². The molecule has 7 aromatic rings. The minimum Gasteiger partial charge on any atom is -0.478 e. The molecule has 0 heterocycles. The van der Waals surface area contributed by atoms with E-state index in [4.69, 9.17) is 5.73 Å². The Balaban J connectivity index is 2.00. The Morgan fingerprint density at radius 2 is 0.854 bits per heavy atom. The lowest BCUT2D eigenvalue weighted by atomic mass is 9.77. The molecule has 0 aliphatic carbocycles. The summed E-state index contributed by atoms with van der Waals surface area (Å²) in [7, 11) is 1.41. The second kappa shape index (κ2) is 7.66. The molecule has 0 saturated heterocycles. The third-order valence-corrected chi connectivity index (χ3v) is 8.22. The molecule has 0 aliphatic rings. The van der Waals surface area contributed by atoms with E-state index in [1.54, 1.807) is 13.0 Å². The van der Waals surface area contributed by atoms with E-state index in [0.29, 0.717) is 48.7 Å². The number of aryl methyl sites for hydroxylation is 1. The molecule has 0 atom stereocenters. The van der Waals surface area contributed by atoms with Crippen molar-refractivity contribution in [2.45, 2.75) is 6.92 Å². The first kappa shape index (κ1) is 24.3. The number of carbonyl (C=O) groups excluding carboxylic acids is 2. The Labute approximate surface area is 228 Å². The van der Waals surface area contributed by atoms with Crippen LogP contribution in [0.2, 0.25) is 0 Å². The number of carboxylic acids is 3. The van der Waals surface area contributed by atoms with E-state index < -0.39 is 29.7 Å². The average molecular weight is 546 g/mol. The SMILES string of the molecule is CNC(=O)c1cc2c(C(=O)O)cc3c(C)cc4c(C(=O)O)cc5c(C(N)=O)cc6c(C(=O)O)cc1c1c2c3c4c5c61. The van der Waals surface area contributed by atoms with Crippen LogP contribution in [0, 0.1) is 6.92 Å². The molecule has 7 aromatic carbocycles. The molecule has 0 fully saturated rings. The number of primary amides is 1. The van der Waals surface area contributed by atoms with Crippen LogP contribution in [0.4, 0.5) is 0 Å². The molecule has 6 N–H and O–H groups in total. The van der Waals surface area contributed by atoms with E-state index in [-0.39, 0.29) is 49.4 Å².